The van der Waals surface area contributed by atoms with Crippen molar-refractivity contribution in [1.82, 2.24) is 0 Å². The third kappa shape index (κ3) is 3.09. The van der Waals surface area contributed by atoms with Crippen LogP contribution in [-0.4, -0.2) is 11.8 Å². The molecular weight excluding hydrogens is 200 g/mol. The molecule has 2 nitrogen and oxygen atoms in total. The Morgan fingerprint density at radius 3 is 2.60 bits per heavy atom. The molecule has 4 heteroatoms. The molecule has 0 heterocycles. The van der Waals surface area contributed by atoms with Crippen LogP contribution in [0.3, 0.4) is 0 Å². The van der Waals surface area contributed by atoms with Gasteiger partial charge in [-0.2, -0.15) is 0 Å². The normalized spacial score (nSPS) is 12.5. The number of Topliss-reactive ketones (excluding diaryl/α,β-unsaturated/α-hetero) is 1. The first-order valence-electron chi connectivity index (χ1n) is 4.76. The number of carbonyl (C=O) groups excluding carboxylic acids is 1. The van der Waals surface area contributed by atoms with Crippen molar-refractivity contribution in [2.45, 2.75) is 25.8 Å². The summed E-state index contributed by atoms with van der Waals surface area (Å²) in [5.41, 5.74) is 6.11. The molecule has 1 aromatic rings. The van der Waals surface area contributed by atoms with Gasteiger partial charge in [0.1, 0.15) is 5.78 Å². The summed E-state index contributed by atoms with van der Waals surface area (Å²) in [7, 11) is 0. The molecule has 0 saturated heterocycles. The summed E-state index contributed by atoms with van der Waals surface area (Å²) in [6.07, 6.45) is 0.592. The van der Waals surface area contributed by atoms with Crippen LogP contribution in [0.25, 0.3) is 0 Å². The van der Waals surface area contributed by atoms with Crippen molar-refractivity contribution in [2.75, 3.05) is 0 Å². The van der Waals surface area contributed by atoms with Gasteiger partial charge in [-0.1, -0.05) is 13.0 Å². The molecule has 0 aliphatic rings. The zero-order valence-corrected chi connectivity index (χ0v) is 8.47. The summed E-state index contributed by atoms with van der Waals surface area (Å²) in [6.45, 7) is 1.72. The topological polar surface area (TPSA) is 43.1 Å². The number of nitrogens with two attached hydrogens (primary N) is 1. The molecule has 0 radical (unpaired) electrons. The quantitative estimate of drug-likeness (QED) is 0.828. The summed E-state index contributed by atoms with van der Waals surface area (Å²) >= 11 is 0. The predicted molar refractivity (Wildman–Crippen MR) is 53.3 cm³/mol. The van der Waals surface area contributed by atoms with Crippen LogP contribution in [0.2, 0.25) is 0 Å². The maximum Gasteiger partial charge on any atom is 0.159 e. The van der Waals surface area contributed by atoms with E-state index < -0.39 is 17.7 Å². The van der Waals surface area contributed by atoms with Gasteiger partial charge in [-0.15, -0.1) is 0 Å². The maximum atomic E-state index is 12.8. The van der Waals surface area contributed by atoms with Crippen molar-refractivity contribution < 1.29 is 13.6 Å². The Labute approximate surface area is 87.1 Å². The second-order valence-electron chi connectivity index (χ2n) is 3.38. The molecule has 0 amide bonds. The molecule has 1 unspecified atom stereocenters. The van der Waals surface area contributed by atoms with Gasteiger partial charge in [0.05, 0.1) is 6.04 Å². The molecule has 0 aromatic heterocycles. The lowest BCUT2D eigenvalue weighted by atomic mass is 10.0. The lowest BCUT2D eigenvalue weighted by molar-refractivity contribution is -0.119. The Bertz CT molecular complexity index is 366. The van der Waals surface area contributed by atoms with E-state index in [0.717, 1.165) is 12.1 Å². The molecule has 1 aromatic carbocycles. The highest BCUT2D eigenvalue weighted by atomic mass is 19.2. The predicted octanol–water partition coefficient (Wildman–Crippen LogP) is 1.81. The fourth-order valence-corrected chi connectivity index (χ4v) is 1.30. The van der Waals surface area contributed by atoms with Gasteiger partial charge in [0, 0.05) is 6.42 Å². The SMILES string of the molecule is CCC(=O)C(N)Cc1ccc(F)c(F)c1. The largest absolute Gasteiger partial charge is 0.321 e. The van der Waals surface area contributed by atoms with Gasteiger partial charge >= 0.3 is 0 Å². The van der Waals surface area contributed by atoms with Crippen LogP contribution >= 0.6 is 0 Å². The number of hydrogen-bond acceptors (Lipinski definition) is 2. The van der Waals surface area contributed by atoms with Crippen LogP contribution in [0.5, 0.6) is 0 Å². The summed E-state index contributed by atoms with van der Waals surface area (Å²) in [5, 5.41) is 0. The number of halogens is 2. The van der Waals surface area contributed by atoms with Crippen LogP contribution in [0.1, 0.15) is 18.9 Å². The number of ketones is 1. The highest BCUT2D eigenvalue weighted by Gasteiger charge is 2.12. The van der Waals surface area contributed by atoms with E-state index >= 15 is 0 Å². The van der Waals surface area contributed by atoms with Gasteiger partial charge in [-0.3, -0.25) is 4.79 Å². The van der Waals surface area contributed by atoms with E-state index in [4.69, 9.17) is 5.73 Å². The number of benzene rings is 1. The fraction of sp³-hybridized carbons (Fsp3) is 0.364. The first-order valence-corrected chi connectivity index (χ1v) is 4.76. The first kappa shape index (κ1) is 11.8. The molecular formula is C11H13F2NO. The monoisotopic (exact) mass is 213 g/mol. The highest BCUT2D eigenvalue weighted by molar-refractivity contribution is 5.83. The molecule has 1 rings (SSSR count). The molecule has 0 aliphatic carbocycles. The lowest BCUT2D eigenvalue weighted by Gasteiger charge is -2.09. The summed E-state index contributed by atoms with van der Waals surface area (Å²) in [6, 6.07) is 2.90. The Kier molecular flexibility index (Phi) is 3.91. The van der Waals surface area contributed by atoms with E-state index in [2.05, 4.69) is 0 Å². The Hall–Kier alpha value is -1.29. The van der Waals surface area contributed by atoms with E-state index in [0.29, 0.717) is 12.0 Å². The molecule has 2 N–H and O–H groups in total. The van der Waals surface area contributed by atoms with E-state index in [9.17, 15) is 13.6 Å². The van der Waals surface area contributed by atoms with Gasteiger partial charge in [-0.25, -0.2) is 8.78 Å². The standard InChI is InChI=1S/C11H13F2NO/c1-2-11(15)10(14)6-7-3-4-8(12)9(13)5-7/h3-5,10H,2,6,14H2,1H3. The molecule has 0 spiro atoms. The average Bonchev–Trinajstić information content (AvgIpc) is 2.22. The Balaban J connectivity index is 2.73. The van der Waals surface area contributed by atoms with Gasteiger partial charge in [0.25, 0.3) is 0 Å². The summed E-state index contributed by atoms with van der Waals surface area (Å²) in [5.74, 6) is -1.89. The minimum absolute atomic E-state index is 0.0836. The number of carbonyl (C=O) groups is 1. The average molecular weight is 213 g/mol. The van der Waals surface area contributed by atoms with Crippen molar-refractivity contribution in [3.05, 3.63) is 35.4 Å². The minimum Gasteiger partial charge on any atom is -0.321 e. The van der Waals surface area contributed by atoms with Crippen LogP contribution in [-0.2, 0) is 11.2 Å². The third-order valence-electron chi connectivity index (χ3n) is 2.20. The van der Waals surface area contributed by atoms with Gasteiger partial charge in [0.2, 0.25) is 0 Å². The van der Waals surface area contributed by atoms with E-state index in [1.54, 1.807) is 6.92 Å². The van der Waals surface area contributed by atoms with Gasteiger partial charge < -0.3 is 5.73 Å². The number of rotatable bonds is 4. The van der Waals surface area contributed by atoms with Gasteiger partial charge in [0.15, 0.2) is 11.6 Å². The maximum absolute atomic E-state index is 12.8. The van der Waals surface area contributed by atoms with Gasteiger partial charge in [-0.05, 0) is 24.1 Å². The summed E-state index contributed by atoms with van der Waals surface area (Å²) < 4.78 is 25.4. The van der Waals surface area contributed by atoms with Crippen molar-refractivity contribution in [1.29, 1.82) is 0 Å². The molecule has 0 aliphatic heterocycles. The fourth-order valence-electron chi connectivity index (χ4n) is 1.30. The second-order valence-corrected chi connectivity index (χ2v) is 3.38. The van der Waals surface area contributed by atoms with Crippen molar-refractivity contribution in [3.8, 4) is 0 Å². The number of hydrogen-bond donors (Lipinski definition) is 1. The van der Waals surface area contributed by atoms with Crippen LogP contribution < -0.4 is 5.73 Å². The van der Waals surface area contributed by atoms with Crippen LogP contribution in [0.15, 0.2) is 18.2 Å². The first-order chi connectivity index (χ1) is 7.04. The zero-order valence-electron chi connectivity index (χ0n) is 8.47. The molecule has 82 valence electrons. The lowest BCUT2D eigenvalue weighted by Crippen LogP contribution is -2.32. The van der Waals surface area contributed by atoms with E-state index in [1.807, 2.05) is 0 Å². The highest BCUT2D eigenvalue weighted by Crippen LogP contribution is 2.10. The van der Waals surface area contributed by atoms with E-state index in [1.165, 1.54) is 6.07 Å². The Morgan fingerprint density at radius 1 is 1.40 bits per heavy atom. The summed E-state index contributed by atoms with van der Waals surface area (Å²) in [4.78, 5) is 11.2. The smallest absolute Gasteiger partial charge is 0.159 e. The van der Waals surface area contributed by atoms with Crippen LogP contribution in [0, 0.1) is 11.6 Å². The molecule has 1 atom stereocenters. The third-order valence-corrected chi connectivity index (χ3v) is 2.20. The van der Waals surface area contributed by atoms with Crippen molar-refractivity contribution in [2.24, 2.45) is 5.73 Å². The molecule has 0 fully saturated rings. The zero-order chi connectivity index (χ0) is 11.4. The minimum atomic E-state index is -0.913. The molecule has 0 saturated carbocycles. The molecule has 15 heavy (non-hydrogen) atoms. The van der Waals surface area contributed by atoms with E-state index in [-0.39, 0.29) is 12.2 Å². The van der Waals surface area contributed by atoms with Crippen molar-refractivity contribution >= 4 is 5.78 Å². The molecule has 0 bridgehead atoms. The van der Waals surface area contributed by atoms with Crippen molar-refractivity contribution in [3.63, 3.8) is 0 Å². The Morgan fingerprint density at radius 2 is 2.07 bits per heavy atom. The second kappa shape index (κ2) is 4.98. The van der Waals surface area contributed by atoms with Crippen LogP contribution in [0.4, 0.5) is 8.78 Å².